The van der Waals surface area contributed by atoms with Crippen LogP contribution in [0.3, 0.4) is 0 Å². The van der Waals surface area contributed by atoms with Crippen molar-refractivity contribution >= 4 is 142 Å². The highest BCUT2D eigenvalue weighted by Gasteiger charge is 2.40. The van der Waals surface area contributed by atoms with Crippen LogP contribution in [-0.4, -0.2) is 32.4 Å². The third-order valence-electron chi connectivity index (χ3n) is 31.1. The number of fused-ring (bicyclic) bond motifs is 28. The van der Waals surface area contributed by atoms with E-state index in [1.165, 1.54) is 170 Å². The second kappa shape index (κ2) is 26.8. The maximum absolute atomic E-state index is 5.55. The van der Waals surface area contributed by atoms with E-state index in [1.54, 1.807) is 0 Å². The van der Waals surface area contributed by atoms with Gasteiger partial charge in [-0.15, -0.1) is 0 Å². The second-order valence-corrected chi connectivity index (χ2v) is 38.9. The van der Waals surface area contributed by atoms with Crippen molar-refractivity contribution in [3.05, 3.63) is 440 Å². The molecule has 624 valence electrons. The van der Waals surface area contributed by atoms with Crippen molar-refractivity contribution in [1.82, 2.24) is 32.4 Å². The van der Waals surface area contributed by atoms with E-state index in [0.29, 0.717) is 0 Å². The van der Waals surface area contributed by atoms with Crippen LogP contribution < -0.4 is 0 Å². The smallest absolute Gasteiger partial charge is 0.0745 e. The van der Waals surface area contributed by atoms with Gasteiger partial charge in [-0.1, -0.05) is 296 Å². The summed E-state index contributed by atoms with van der Waals surface area (Å²) in [5.74, 6) is 0. The number of nitrogens with zero attached hydrogens (tertiary/aromatic N) is 7. The molecular weight excluding hydrogens is 1610 g/mol. The lowest BCUT2D eigenvalue weighted by atomic mass is 9.82. The zero-order chi connectivity index (χ0) is 87.9. The minimum Gasteiger partial charge on any atom is -0.309 e. The standard InChI is InChI=1S/C126H85N7/c1-124(2)102-34-16-7-25-83(102)86-55-49-80(69-105(86)124)128-109-37-19-13-31-92(109)98-63-74(46-58-115(98)128)77-43-52-95-89-28-10-22-40-112(89)131(119(95)66-77)118-61-62-127-108-73-123(133-114-42-24-12-30-91(114)97-54-45-79(68-121(97)133)76-48-60-117-100(65-76)94-33-15-21-39-111(94)130(117)82-51-57-88-85-27-9-18-36-104(85)126(5,6)107(88)71-82)122(72-101(108)118)132-113-41-23-11-29-90(113)96-53-44-78(67-120(96)132)75-47-59-116-99(64-75)93-32-14-20-38-110(93)129(116)81-50-56-87-84-26-8-17-35-103(84)125(3,4)106(87)70-81/h7-73H,1-6H3. The largest absolute Gasteiger partial charge is 0.309 e. The molecule has 7 heteroatoms. The summed E-state index contributed by atoms with van der Waals surface area (Å²) in [5.41, 5.74) is 43.7. The van der Waals surface area contributed by atoms with Crippen molar-refractivity contribution in [3.8, 4) is 101 Å². The van der Waals surface area contributed by atoms with Crippen LogP contribution in [0.5, 0.6) is 0 Å². The van der Waals surface area contributed by atoms with Gasteiger partial charge in [0.2, 0.25) is 0 Å². The minimum atomic E-state index is -0.147. The van der Waals surface area contributed by atoms with Crippen LogP contribution in [0, 0.1) is 0 Å². The number of aromatic nitrogens is 7. The molecule has 7 nitrogen and oxygen atoms in total. The van der Waals surface area contributed by atoms with Gasteiger partial charge < -0.3 is 27.4 Å². The van der Waals surface area contributed by atoms with Gasteiger partial charge in [-0.25, -0.2) is 0 Å². The number of hydrogen-bond acceptors (Lipinski definition) is 1. The van der Waals surface area contributed by atoms with Crippen LogP contribution in [0.4, 0.5) is 0 Å². The van der Waals surface area contributed by atoms with Gasteiger partial charge in [-0.3, -0.25) is 4.98 Å². The third-order valence-corrected chi connectivity index (χ3v) is 31.1. The lowest BCUT2D eigenvalue weighted by Gasteiger charge is -2.22. The van der Waals surface area contributed by atoms with E-state index in [2.05, 4.69) is 469 Å². The van der Waals surface area contributed by atoms with E-state index in [1.807, 2.05) is 6.20 Å². The highest BCUT2D eigenvalue weighted by molar-refractivity contribution is 6.19. The second-order valence-electron chi connectivity index (χ2n) is 38.9. The summed E-state index contributed by atoms with van der Waals surface area (Å²) in [7, 11) is 0. The van der Waals surface area contributed by atoms with Crippen molar-refractivity contribution in [3.63, 3.8) is 0 Å². The van der Waals surface area contributed by atoms with Gasteiger partial charge in [0.25, 0.3) is 0 Å². The van der Waals surface area contributed by atoms with Gasteiger partial charge in [-0.05, 0) is 246 Å². The Morgan fingerprint density at radius 1 is 0.165 bits per heavy atom. The van der Waals surface area contributed by atoms with Crippen LogP contribution in [0.25, 0.3) is 243 Å². The average Bonchev–Trinajstić information content (AvgIpc) is 1.57. The molecule has 0 atom stereocenters. The van der Waals surface area contributed by atoms with Crippen LogP contribution in [0.2, 0.25) is 0 Å². The molecular formula is C126H85N7. The summed E-state index contributed by atoms with van der Waals surface area (Å²) in [4.78, 5) is 5.55. The van der Waals surface area contributed by atoms with Gasteiger partial charge in [0.1, 0.15) is 0 Å². The van der Waals surface area contributed by atoms with Crippen molar-refractivity contribution in [1.29, 1.82) is 0 Å². The SMILES string of the molecule is CC1(C)c2ccccc2-c2ccc(-n3c4ccccc4c4cc(-c5ccc6c7ccccc7n(-c7cc8nccc(-n9c%10ccccc%10c%10ccc(-c%11ccc%12c(c%11)c%11ccccc%11n%12-c%11ccc%12c(c%11)C(C)(C)c%11ccccc%11-%12)cc%109)c8cc7-n7c8ccccc8c8ccc(-c9ccc%10c(c9)c9ccccc9n%10-c9ccc%10c(c9)C(C)(C)c9ccccc9-%10)cc87)c6c5)ccc43)cc21. The maximum Gasteiger partial charge on any atom is 0.0745 e. The maximum atomic E-state index is 5.55. The van der Waals surface area contributed by atoms with Gasteiger partial charge in [0.05, 0.1) is 88.8 Å². The topological polar surface area (TPSA) is 42.5 Å². The average molecular weight is 1700 g/mol. The molecule has 0 saturated heterocycles. The van der Waals surface area contributed by atoms with E-state index in [-0.39, 0.29) is 16.2 Å². The summed E-state index contributed by atoms with van der Waals surface area (Å²) in [6.07, 6.45) is 2.03. The van der Waals surface area contributed by atoms with Crippen molar-refractivity contribution in [2.75, 3.05) is 0 Å². The molecule has 0 amide bonds. The summed E-state index contributed by atoms with van der Waals surface area (Å²) in [6, 6.07) is 152. The molecule has 0 N–H and O–H groups in total. The molecule has 0 radical (unpaired) electrons. The Bertz CT molecular complexity index is 9710. The van der Waals surface area contributed by atoms with Crippen LogP contribution in [0.15, 0.2) is 407 Å². The number of benzene rings is 19. The Labute approximate surface area is 767 Å². The van der Waals surface area contributed by atoms with Gasteiger partial charge in [-0.2, -0.15) is 0 Å². The Hall–Kier alpha value is -16.6. The molecule has 0 spiro atoms. The first-order chi connectivity index (χ1) is 65.2. The van der Waals surface area contributed by atoms with E-state index in [0.717, 1.165) is 106 Å². The molecule has 3 aliphatic rings. The molecule has 0 unspecified atom stereocenters. The van der Waals surface area contributed by atoms with E-state index < -0.39 is 0 Å². The number of hydrogen-bond donors (Lipinski definition) is 0. The van der Waals surface area contributed by atoms with Crippen LogP contribution in [-0.2, 0) is 16.2 Å². The van der Waals surface area contributed by atoms with Crippen LogP contribution in [0.1, 0.15) is 74.9 Å². The Kier molecular flexibility index (Phi) is 15.0. The number of pyridine rings is 1. The summed E-state index contributed by atoms with van der Waals surface area (Å²) in [5, 5.41) is 15.3. The fourth-order valence-corrected chi connectivity index (χ4v) is 24.7. The quantitative estimate of drug-likeness (QED) is 0.142. The predicted molar refractivity (Wildman–Crippen MR) is 557 cm³/mol. The zero-order valence-corrected chi connectivity index (χ0v) is 74.3. The Morgan fingerprint density at radius 2 is 0.421 bits per heavy atom. The molecule has 0 bridgehead atoms. The van der Waals surface area contributed by atoms with Gasteiger partial charge in [0, 0.05) is 110 Å². The van der Waals surface area contributed by atoms with E-state index in [9.17, 15) is 0 Å². The Balaban J connectivity index is 0.634. The minimum absolute atomic E-state index is 0.137. The zero-order valence-electron chi connectivity index (χ0n) is 74.3. The molecule has 26 aromatic rings. The van der Waals surface area contributed by atoms with Gasteiger partial charge >= 0.3 is 0 Å². The van der Waals surface area contributed by atoms with Crippen molar-refractivity contribution in [2.24, 2.45) is 0 Å². The van der Waals surface area contributed by atoms with Crippen molar-refractivity contribution in [2.45, 2.75) is 57.8 Å². The van der Waals surface area contributed by atoms with Crippen molar-refractivity contribution < 1.29 is 0 Å². The van der Waals surface area contributed by atoms with Gasteiger partial charge in [0.15, 0.2) is 0 Å². The molecule has 0 saturated carbocycles. The first-order valence-electron chi connectivity index (χ1n) is 46.6. The fourth-order valence-electron chi connectivity index (χ4n) is 24.7. The lowest BCUT2D eigenvalue weighted by Crippen LogP contribution is -2.15. The van der Waals surface area contributed by atoms with E-state index >= 15 is 0 Å². The fraction of sp³-hybridized carbons (Fsp3) is 0.0714. The molecule has 0 aliphatic heterocycles. The van der Waals surface area contributed by atoms with E-state index in [4.69, 9.17) is 4.98 Å². The highest BCUT2D eigenvalue weighted by atomic mass is 15.1. The summed E-state index contributed by atoms with van der Waals surface area (Å²) < 4.78 is 15.1. The molecule has 19 aromatic carbocycles. The first kappa shape index (κ1) is 74.3. The molecule has 133 heavy (non-hydrogen) atoms. The number of rotatable bonds is 9. The highest BCUT2D eigenvalue weighted by Crippen LogP contribution is 2.55. The molecule has 0 fully saturated rings. The normalized spacial score (nSPS) is 14.0. The Morgan fingerprint density at radius 3 is 0.767 bits per heavy atom. The first-order valence-corrected chi connectivity index (χ1v) is 46.6. The molecule has 7 aromatic heterocycles. The molecule has 29 rings (SSSR count). The summed E-state index contributed by atoms with van der Waals surface area (Å²) >= 11 is 0. The predicted octanol–water partition coefficient (Wildman–Crippen LogP) is 32.7. The molecule has 3 aliphatic carbocycles. The number of para-hydroxylation sites is 6. The third kappa shape index (κ3) is 10.2. The summed E-state index contributed by atoms with van der Waals surface area (Å²) in [6.45, 7) is 14.3. The van der Waals surface area contributed by atoms with Crippen LogP contribution >= 0.6 is 0 Å². The molecule has 7 heterocycles. The lowest BCUT2D eigenvalue weighted by molar-refractivity contribution is 0.660. The monoisotopic (exact) mass is 1700 g/mol.